The average Bonchev–Trinajstić information content (AvgIpc) is 2.85. The molecule has 3 nitrogen and oxygen atoms in total. The average molecular weight is 342 g/mol. The first-order valence-electron chi connectivity index (χ1n) is 7.46. The van der Waals surface area contributed by atoms with Gasteiger partial charge in [0.25, 0.3) is 0 Å². The van der Waals surface area contributed by atoms with Crippen molar-refractivity contribution < 1.29 is 9.47 Å². The Morgan fingerprint density at radius 2 is 2.20 bits per heavy atom. The van der Waals surface area contributed by atoms with Crippen LogP contribution in [0.3, 0.4) is 0 Å². The Labute approximate surface area is 130 Å². The number of benzene rings is 1. The summed E-state index contributed by atoms with van der Waals surface area (Å²) in [6, 6.07) is 6.56. The summed E-state index contributed by atoms with van der Waals surface area (Å²) in [4.78, 5) is 0. The lowest BCUT2D eigenvalue weighted by molar-refractivity contribution is 0.0319. The monoisotopic (exact) mass is 341 g/mol. The molecule has 1 aliphatic heterocycles. The van der Waals surface area contributed by atoms with E-state index in [1.54, 1.807) is 0 Å². The molecule has 1 aliphatic rings. The molecule has 1 aromatic carbocycles. The van der Waals surface area contributed by atoms with Gasteiger partial charge in [-0.05, 0) is 66.9 Å². The number of hydrogen-bond donors (Lipinski definition) is 1. The van der Waals surface area contributed by atoms with Gasteiger partial charge in [-0.3, -0.25) is 0 Å². The van der Waals surface area contributed by atoms with E-state index in [4.69, 9.17) is 9.47 Å². The molecule has 112 valence electrons. The molecule has 0 bridgehead atoms. The first-order valence-corrected chi connectivity index (χ1v) is 8.26. The molecular weight excluding hydrogens is 318 g/mol. The minimum Gasteiger partial charge on any atom is -0.493 e. The number of likely N-dealkylation sites (N-methyl/N-ethyl adjacent to an activating group) is 1. The van der Waals surface area contributed by atoms with Crippen molar-refractivity contribution >= 4 is 15.9 Å². The molecular formula is C16H24BrNO2. The Balaban J connectivity index is 2.18. The first kappa shape index (κ1) is 15.8. The maximum atomic E-state index is 6.04. The molecule has 1 saturated heterocycles. The van der Waals surface area contributed by atoms with Gasteiger partial charge < -0.3 is 14.8 Å². The van der Waals surface area contributed by atoms with Crippen LogP contribution in [0.2, 0.25) is 0 Å². The van der Waals surface area contributed by atoms with E-state index in [2.05, 4.69) is 47.2 Å². The van der Waals surface area contributed by atoms with Gasteiger partial charge in [0.15, 0.2) is 0 Å². The van der Waals surface area contributed by atoms with Crippen LogP contribution >= 0.6 is 15.9 Å². The Morgan fingerprint density at radius 1 is 1.40 bits per heavy atom. The molecule has 0 spiro atoms. The summed E-state index contributed by atoms with van der Waals surface area (Å²) in [6.07, 6.45) is 2.89. The van der Waals surface area contributed by atoms with Crippen molar-refractivity contribution in [3.05, 3.63) is 28.2 Å². The summed E-state index contributed by atoms with van der Waals surface area (Å²) in [6.45, 7) is 7.89. The zero-order valence-corrected chi connectivity index (χ0v) is 14.1. The molecule has 4 heteroatoms. The third-order valence-electron chi connectivity index (χ3n) is 3.68. The molecule has 3 atom stereocenters. The summed E-state index contributed by atoms with van der Waals surface area (Å²) < 4.78 is 12.6. The lowest BCUT2D eigenvalue weighted by atomic mass is 9.99. The molecule has 1 aromatic rings. The van der Waals surface area contributed by atoms with E-state index in [9.17, 15) is 0 Å². The summed E-state index contributed by atoms with van der Waals surface area (Å²) >= 11 is 3.59. The highest BCUT2D eigenvalue weighted by atomic mass is 79.9. The Kier molecular flexibility index (Phi) is 5.87. The van der Waals surface area contributed by atoms with E-state index in [-0.39, 0.29) is 12.1 Å². The molecule has 2 rings (SSSR count). The minimum atomic E-state index is 0.247. The fourth-order valence-electron chi connectivity index (χ4n) is 2.75. The molecule has 20 heavy (non-hydrogen) atoms. The molecule has 0 aliphatic carbocycles. The van der Waals surface area contributed by atoms with E-state index in [0.29, 0.717) is 12.7 Å². The Hall–Kier alpha value is -0.580. The molecule has 1 fully saturated rings. The number of ether oxygens (including phenoxy) is 2. The van der Waals surface area contributed by atoms with E-state index in [0.717, 1.165) is 29.6 Å². The number of rotatable bonds is 6. The van der Waals surface area contributed by atoms with Crippen molar-refractivity contribution in [2.24, 2.45) is 0 Å². The van der Waals surface area contributed by atoms with E-state index < -0.39 is 0 Å². The predicted molar refractivity (Wildman–Crippen MR) is 85.3 cm³/mol. The van der Waals surface area contributed by atoms with E-state index in [1.165, 1.54) is 5.56 Å². The van der Waals surface area contributed by atoms with Gasteiger partial charge in [-0.2, -0.15) is 0 Å². The normalized spacial score (nSPS) is 23.8. The third kappa shape index (κ3) is 3.74. The van der Waals surface area contributed by atoms with Crippen molar-refractivity contribution in [3.63, 3.8) is 0 Å². The molecule has 1 heterocycles. The zero-order valence-electron chi connectivity index (χ0n) is 12.5. The predicted octanol–water partition coefficient (Wildman–Crippen LogP) is 4.07. The fourth-order valence-corrected chi connectivity index (χ4v) is 3.26. The lowest BCUT2D eigenvalue weighted by Crippen LogP contribution is -2.32. The standard InChI is InChI=1S/C16H24BrNO2/c1-4-18-16(15-8-6-11(3)20-15)12-7-9-14(19-5-2)13(17)10-12/h7,9-11,15-16,18H,4-6,8H2,1-3H3. The Bertz CT molecular complexity index is 438. The lowest BCUT2D eigenvalue weighted by Gasteiger charge is -2.25. The maximum absolute atomic E-state index is 6.04. The highest BCUT2D eigenvalue weighted by Gasteiger charge is 2.30. The first-order chi connectivity index (χ1) is 9.65. The molecule has 0 aromatic heterocycles. The van der Waals surface area contributed by atoms with Crippen molar-refractivity contribution in [2.45, 2.75) is 51.9 Å². The third-order valence-corrected chi connectivity index (χ3v) is 4.30. The van der Waals surface area contributed by atoms with Gasteiger partial charge in [0, 0.05) is 0 Å². The van der Waals surface area contributed by atoms with Crippen molar-refractivity contribution in [3.8, 4) is 5.75 Å². The van der Waals surface area contributed by atoms with Crippen LogP contribution in [-0.4, -0.2) is 25.4 Å². The summed E-state index contributed by atoms with van der Waals surface area (Å²) in [5, 5.41) is 3.55. The zero-order chi connectivity index (χ0) is 14.5. The van der Waals surface area contributed by atoms with Gasteiger partial charge in [0.1, 0.15) is 5.75 Å². The van der Waals surface area contributed by atoms with Gasteiger partial charge in [0.2, 0.25) is 0 Å². The largest absolute Gasteiger partial charge is 0.493 e. The maximum Gasteiger partial charge on any atom is 0.133 e. The quantitative estimate of drug-likeness (QED) is 0.846. The van der Waals surface area contributed by atoms with E-state index in [1.807, 2.05) is 13.0 Å². The van der Waals surface area contributed by atoms with Crippen LogP contribution in [0.15, 0.2) is 22.7 Å². The molecule has 0 radical (unpaired) electrons. The number of halogens is 1. The summed E-state index contributed by atoms with van der Waals surface area (Å²) in [5.74, 6) is 0.896. The minimum absolute atomic E-state index is 0.247. The van der Waals surface area contributed by atoms with Gasteiger partial charge in [-0.1, -0.05) is 13.0 Å². The second-order valence-electron chi connectivity index (χ2n) is 5.22. The van der Waals surface area contributed by atoms with Gasteiger partial charge >= 0.3 is 0 Å². The number of nitrogens with one attached hydrogen (secondary N) is 1. The van der Waals surface area contributed by atoms with Crippen LogP contribution in [0.5, 0.6) is 5.75 Å². The fraction of sp³-hybridized carbons (Fsp3) is 0.625. The van der Waals surface area contributed by atoms with Crippen molar-refractivity contribution in [1.29, 1.82) is 0 Å². The molecule has 0 amide bonds. The van der Waals surface area contributed by atoms with Gasteiger partial charge in [0.05, 0.1) is 29.3 Å². The smallest absolute Gasteiger partial charge is 0.133 e. The highest BCUT2D eigenvalue weighted by molar-refractivity contribution is 9.10. The van der Waals surface area contributed by atoms with Crippen molar-refractivity contribution in [1.82, 2.24) is 5.32 Å². The second kappa shape index (κ2) is 7.43. The SMILES string of the molecule is CCNC(c1ccc(OCC)c(Br)c1)C1CCC(C)O1. The van der Waals surface area contributed by atoms with Crippen LogP contribution in [0.25, 0.3) is 0 Å². The summed E-state index contributed by atoms with van der Waals surface area (Å²) in [7, 11) is 0. The molecule has 0 saturated carbocycles. The second-order valence-corrected chi connectivity index (χ2v) is 6.08. The number of hydrogen-bond acceptors (Lipinski definition) is 3. The summed E-state index contributed by atoms with van der Waals surface area (Å²) in [5.41, 5.74) is 1.25. The van der Waals surface area contributed by atoms with Crippen LogP contribution in [0, 0.1) is 0 Å². The van der Waals surface area contributed by atoms with Crippen LogP contribution in [0.4, 0.5) is 0 Å². The van der Waals surface area contributed by atoms with E-state index >= 15 is 0 Å². The molecule has 3 unspecified atom stereocenters. The topological polar surface area (TPSA) is 30.5 Å². The Morgan fingerprint density at radius 3 is 2.75 bits per heavy atom. The van der Waals surface area contributed by atoms with Crippen LogP contribution < -0.4 is 10.1 Å². The van der Waals surface area contributed by atoms with Gasteiger partial charge in [-0.25, -0.2) is 0 Å². The highest BCUT2D eigenvalue weighted by Crippen LogP contribution is 2.34. The van der Waals surface area contributed by atoms with Gasteiger partial charge in [-0.15, -0.1) is 0 Å². The van der Waals surface area contributed by atoms with Crippen molar-refractivity contribution in [2.75, 3.05) is 13.2 Å². The van der Waals surface area contributed by atoms with Crippen LogP contribution in [0.1, 0.15) is 45.2 Å². The molecule has 1 N–H and O–H groups in total. The van der Waals surface area contributed by atoms with Crippen LogP contribution in [-0.2, 0) is 4.74 Å².